The summed E-state index contributed by atoms with van der Waals surface area (Å²) in [6.45, 7) is 2.97. The van der Waals surface area contributed by atoms with Crippen LogP contribution in [0.2, 0.25) is 0 Å². The van der Waals surface area contributed by atoms with Crippen molar-refractivity contribution in [3.05, 3.63) is 23.9 Å². The molecule has 5 nitrogen and oxygen atoms in total. The van der Waals surface area contributed by atoms with Crippen LogP contribution in [0.1, 0.15) is 24.8 Å². The lowest BCUT2D eigenvalue weighted by Crippen LogP contribution is -2.35. The standard InChI is InChI=1S/C14H23N5/c1-15-14(16-2)18-11-12-7-6-8-17-13(12)19-9-4-3-5-10-19/h6-8H,3-5,9-11H2,1-2H3,(H2,15,16,18). The Morgan fingerprint density at radius 1 is 1.37 bits per heavy atom. The normalized spacial score (nSPS) is 16.3. The van der Waals surface area contributed by atoms with Crippen LogP contribution in [-0.4, -0.2) is 38.1 Å². The minimum absolute atomic E-state index is 0.743. The van der Waals surface area contributed by atoms with Gasteiger partial charge in [-0.2, -0.15) is 0 Å². The number of piperidine rings is 1. The number of pyridine rings is 1. The van der Waals surface area contributed by atoms with Crippen LogP contribution in [-0.2, 0) is 6.54 Å². The van der Waals surface area contributed by atoms with Gasteiger partial charge in [0.25, 0.3) is 0 Å². The highest BCUT2D eigenvalue weighted by Crippen LogP contribution is 2.21. The zero-order valence-corrected chi connectivity index (χ0v) is 11.8. The molecule has 0 bridgehead atoms. The van der Waals surface area contributed by atoms with E-state index in [0.29, 0.717) is 0 Å². The van der Waals surface area contributed by atoms with Crippen LogP contribution in [0.3, 0.4) is 0 Å². The van der Waals surface area contributed by atoms with Gasteiger partial charge in [-0.25, -0.2) is 4.98 Å². The van der Waals surface area contributed by atoms with Gasteiger partial charge in [-0.3, -0.25) is 4.99 Å². The lowest BCUT2D eigenvalue weighted by atomic mass is 10.1. The molecule has 0 aromatic carbocycles. The number of hydrogen-bond donors (Lipinski definition) is 2. The summed E-state index contributed by atoms with van der Waals surface area (Å²) in [6, 6.07) is 4.12. The molecule has 1 aromatic rings. The molecule has 1 aliphatic heterocycles. The van der Waals surface area contributed by atoms with E-state index in [1.54, 1.807) is 7.05 Å². The number of anilines is 1. The third kappa shape index (κ3) is 3.59. The Kier molecular flexibility index (Phi) is 5.01. The molecule has 1 fully saturated rings. The molecule has 5 heteroatoms. The molecule has 0 saturated carbocycles. The molecule has 2 heterocycles. The van der Waals surface area contributed by atoms with Gasteiger partial charge in [-0.05, 0) is 25.3 Å². The second kappa shape index (κ2) is 6.97. The molecule has 2 N–H and O–H groups in total. The summed E-state index contributed by atoms with van der Waals surface area (Å²) < 4.78 is 0. The van der Waals surface area contributed by atoms with Crippen LogP contribution in [0.4, 0.5) is 5.82 Å². The van der Waals surface area contributed by atoms with Gasteiger partial charge in [-0.15, -0.1) is 0 Å². The summed E-state index contributed by atoms with van der Waals surface area (Å²) in [5.74, 6) is 1.91. The van der Waals surface area contributed by atoms with Crippen molar-refractivity contribution in [1.29, 1.82) is 0 Å². The van der Waals surface area contributed by atoms with E-state index in [2.05, 4.69) is 31.6 Å². The predicted octanol–water partition coefficient (Wildman–Crippen LogP) is 1.37. The fraction of sp³-hybridized carbons (Fsp3) is 0.571. The Morgan fingerprint density at radius 3 is 2.84 bits per heavy atom. The maximum Gasteiger partial charge on any atom is 0.190 e. The minimum atomic E-state index is 0.743. The molecule has 0 radical (unpaired) electrons. The Hall–Kier alpha value is -1.78. The monoisotopic (exact) mass is 261 g/mol. The zero-order chi connectivity index (χ0) is 13.5. The molecular weight excluding hydrogens is 238 g/mol. The van der Waals surface area contributed by atoms with Crippen LogP contribution in [0.25, 0.3) is 0 Å². The van der Waals surface area contributed by atoms with E-state index in [-0.39, 0.29) is 0 Å². The molecule has 0 aliphatic carbocycles. The van der Waals surface area contributed by atoms with Crippen LogP contribution in [0.5, 0.6) is 0 Å². The van der Waals surface area contributed by atoms with E-state index in [1.165, 1.54) is 24.8 Å². The molecule has 1 aliphatic rings. The second-order valence-corrected chi connectivity index (χ2v) is 4.71. The van der Waals surface area contributed by atoms with Crippen molar-refractivity contribution in [2.45, 2.75) is 25.8 Å². The molecule has 0 atom stereocenters. The number of guanidine groups is 1. The maximum absolute atomic E-state index is 4.56. The first-order valence-electron chi connectivity index (χ1n) is 6.92. The van der Waals surface area contributed by atoms with Gasteiger partial charge in [0, 0.05) is 45.5 Å². The van der Waals surface area contributed by atoms with E-state index in [4.69, 9.17) is 0 Å². The van der Waals surface area contributed by atoms with Crippen molar-refractivity contribution in [2.24, 2.45) is 4.99 Å². The van der Waals surface area contributed by atoms with Crippen LogP contribution < -0.4 is 15.5 Å². The van der Waals surface area contributed by atoms with Gasteiger partial charge < -0.3 is 15.5 Å². The average molecular weight is 261 g/mol. The topological polar surface area (TPSA) is 52.6 Å². The second-order valence-electron chi connectivity index (χ2n) is 4.71. The molecule has 0 spiro atoms. The Morgan fingerprint density at radius 2 is 2.16 bits per heavy atom. The number of aromatic nitrogens is 1. The van der Waals surface area contributed by atoms with Crippen molar-refractivity contribution in [2.75, 3.05) is 32.1 Å². The molecule has 104 valence electrons. The SMILES string of the molecule is CN=C(NC)NCc1cccnc1N1CCCCC1. The van der Waals surface area contributed by atoms with Crippen LogP contribution in [0, 0.1) is 0 Å². The van der Waals surface area contributed by atoms with Gasteiger partial charge in [0.15, 0.2) is 5.96 Å². The molecular formula is C14H23N5. The summed E-state index contributed by atoms with van der Waals surface area (Å²) in [6.07, 6.45) is 5.74. The highest BCUT2D eigenvalue weighted by Gasteiger charge is 2.15. The van der Waals surface area contributed by atoms with Crippen molar-refractivity contribution in [3.63, 3.8) is 0 Å². The van der Waals surface area contributed by atoms with Crippen LogP contribution in [0.15, 0.2) is 23.3 Å². The molecule has 0 unspecified atom stereocenters. The first-order valence-corrected chi connectivity index (χ1v) is 6.92. The average Bonchev–Trinajstić information content (AvgIpc) is 2.49. The highest BCUT2D eigenvalue weighted by molar-refractivity contribution is 5.79. The summed E-state index contributed by atoms with van der Waals surface area (Å²) >= 11 is 0. The molecule has 1 aromatic heterocycles. The highest BCUT2D eigenvalue weighted by atomic mass is 15.2. The van der Waals surface area contributed by atoms with Crippen molar-refractivity contribution < 1.29 is 0 Å². The van der Waals surface area contributed by atoms with E-state index >= 15 is 0 Å². The maximum atomic E-state index is 4.56. The van der Waals surface area contributed by atoms with Gasteiger partial charge in [0.05, 0.1) is 0 Å². The summed E-state index contributed by atoms with van der Waals surface area (Å²) in [7, 11) is 3.64. The third-order valence-corrected chi connectivity index (χ3v) is 3.43. The van der Waals surface area contributed by atoms with Gasteiger partial charge >= 0.3 is 0 Å². The number of hydrogen-bond acceptors (Lipinski definition) is 3. The molecule has 19 heavy (non-hydrogen) atoms. The molecule has 1 saturated heterocycles. The van der Waals surface area contributed by atoms with Crippen molar-refractivity contribution >= 4 is 11.8 Å². The lowest BCUT2D eigenvalue weighted by Gasteiger charge is -2.29. The smallest absolute Gasteiger partial charge is 0.190 e. The van der Waals surface area contributed by atoms with E-state index in [1.807, 2.05) is 19.3 Å². The number of nitrogens with zero attached hydrogens (tertiary/aromatic N) is 3. The number of nitrogens with one attached hydrogen (secondary N) is 2. The lowest BCUT2D eigenvalue weighted by molar-refractivity contribution is 0.571. The van der Waals surface area contributed by atoms with E-state index in [0.717, 1.165) is 31.4 Å². The van der Waals surface area contributed by atoms with E-state index in [9.17, 15) is 0 Å². The number of rotatable bonds is 3. The molecule has 2 rings (SSSR count). The largest absolute Gasteiger partial charge is 0.359 e. The Bertz CT molecular complexity index is 424. The fourth-order valence-electron chi connectivity index (χ4n) is 2.42. The van der Waals surface area contributed by atoms with Gasteiger partial charge in [0.2, 0.25) is 0 Å². The van der Waals surface area contributed by atoms with Gasteiger partial charge in [0.1, 0.15) is 5.82 Å². The fourth-order valence-corrected chi connectivity index (χ4v) is 2.42. The zero-order valence-electron chi connectivity index (χ0n) is 11.8. The summed E-state index contributed by atoms with van der Waals surface area (Å²) in [4.78, 5) is 11.1. The Labute approximate surface area is 115 Å². The van der Waals surface area contributed by atoms with Crippen molar-refractivity contribution in [3.8, 4) is 0 Å². The van der Waals surface area contributed by atoms with Crippen molar-refractivity contribution in [1.82, 2.24) is 15.6 Å². The summed E-state index contributed by atoms with van der Waals surface area (Å²) in [5, 5.41) is 6.31. The first kappa shape index (κ1) is 13.6. The predicted molar refractivity (Wildman–Crippen MR) is 79.6 cm³/mol. The van der Waals surface area contributed by atoms with Crippen LogP contribution >= 0.6 is 0 Å². The quantitative estimate of drug-likeness (QED) is 0.637. The molecule has 0 amide bonds. The van der Waals surface area contributed by atoms with Gasteiger partial charge in [-0.1, -0.05) is 6.07 Å². The first-order chi connectivity index (χ1) is 9.35. The number of aliphatic imine (C=N–C) groups is 1. The minimum Gasteiger partial charge on any atom is -0.359 e. The Balaban J connectivity index is 2.07. The third-order valence-electron chi connectivity index (χ3n) is 3.43. The van der Waals surface area contributed by atoms with E-state index < -0.39 is 0 Å². The summed E-state index contributed by atoms with van der Waals surface area (Å²) in [5.41, 5.74) is 1.22.